The summed E-state index contributed by atoms with van der Waals surface area (Å²) < 4.78 is 17.7. The summed E-state index contributed by atoms with van der Waals surface area (Å²) in [5.41, 5.74) is 2.17. The predicted octanol–water partition coefficient (Wildman–Crippen LogP) is 6.09. The van der Waals surface area contributed by atoms with Crippen molar-refractivity contribution in [2.24, 2.45) is 0 Å². The molecule has 1 fully saturated rings. The monoisotopic (exact) mass is 514 g/mol. The number of carbonyl (C=O) groups is 2. The maximum Gasteiger partial charge on any atom is 0.338 e. The summed E-state index contributed by atoms with van der Waals surface area (Å²) in [5.74, 6) is 0.684. The number of pyridine rings is 1. The van der Waals surface area contributed by atoms with Crippen molar-refractivity contribution >= 4 is 35.5 Å². The fourth-order valence-electron chi connectivity index (χ4n) is 4.15. The van der Waals surface area contributed by atoms with Gasteiger partial charge in [-0.15, -0.1) is 0 Å². The predicted molar refractivity (Wildman–Crippen MR) is 133 cm³/mol. The molecular formula is C27H26Cl2NO5+. The van der Waals surface area contributed by atoms with Gasteiger partial charge >= 0.3 is 5.97 Å². The minimum Gasteiger partial charge on any atom is -0.493 e. The van der Waals surface area contributed by atoms with Crippen LogP contribution in [0, 0.1) is 0 Å². The van der Waals surface area contributed by atoms with E-state index in [0.717, 1.165) is 37.5 Å². The smallest absolute Gasteiger partial charge is 0.338 e. The van der Waals surface area contributed by atoms with Gasteiger partial charge in [-0.1, -0.05) is 41.4 Å². The molecule has 1 aromatic heterocycles. The maximum atomic E-state index is 13.0. The van der Waals surface area contributed by atoms with Crippen LogP contribution >= 0.6 is 23.2 Å². The third kappa shape index (κ3) is 6.13. The number of aldehydes is 1. The zero-order chi connectivity index (χ0) is 24.8. The van der Waals surface area contributed by atoms with Crippen LogP contribution < -0.4 is 14.5 Å². The van der Waals surface area contributed by atoms with E-state index in [1.165, 1.54) is 0 Å². The molecule has 1 N–H and O–H groups in total. The third-order valence-corrected chi connectivity index (χ3v) is 6.75. The summed E-state index contributed by atoms with van der Waals surface area (Å²) in [6.07, 6.45) is 7.91. The molecule has 1 unspecified atom stereocenters. The van der Waals surface area contributed by atoms with Crippen molar-refractivity contribution in [3.8, 4) is 11.5 Å². The van der Waals surface area contributed by atoms with Crippen molar-refractivity contribution in [1.82, 2.24) is 0 Å². The van der Waals surface area contributed by atoms with Gasteiger partial charge in [-0.3, -0.25) is 4.79 Å². The molecule has 0 saturated heterocycles. The minimum absolute atomic E-state index is 0.130. The molecule has 0 spiro atoms. The highest BCUT2D eigenvalue weighted by Crippen LogP contribution is 2.37. The number of halogens is 2. The Hall–Kier alpha value is -3.09. The van der Waals surface area contributed by atoms with Gasteiger partial charge in [0.1, 0.15) is 22.4 Å². The van der Waals surface area contributed by atoms with Crippen LogP contribution in [0.3, 0.4) is 0 Å². The number of esters is 1. The first-order valence-corrected chi connectivity index (χ1v) is 12.2. The van der Waals surface area contributed by atoms with E-state index in [4.69, 9.17) is 37.4 Å². The molecule has 0 radical (unpaired) electrons. The highest BCUT2D eigenvalue weighted by atomic mass is 35.5. The average Bonchev–Trinajstić information content (AvgIpc) is 3.38. The lowest BCUT2D eigenvalue weighted by Gasteiger charge is -2.22. The Morgan fingerprint density at radius 2 is 1.74 bits per heavy atom. The Morgan fingerprint density at radius 3 is 2.37 bits per heavy atom. The maximum absolute atomic E-state index is 13.0. The average molecular weight is 515 g/mol. The lowest BCUT2D eigenvalue weighted by molar-refractivity contribution is -0.377. The van der Waals surface area contributed by atoms with Crippen LogP contribution in [0.2, 0.25) is 10.0 Å². The molecule has 0 aliphatic heterocycles. The number of rotatable bonds is 9. The topological polar surface area (TPSA) is 76.0 Å². The second-order valence-corrected chi connectivity index (χ2v) is 9.22. The largest absolute Gasteiger partial charge is 0.493 e. The SMILES string of the molecule is COc1ccc(C(Cc2c(Cl)c[nH+]cc2Cl)OC(=O)c2ccc(C=O)cc2)cc1OC1CCCC1. The number of H-pyrrole nitrogens is 1. The Labute approximate surface area is 214 Å². The van der Waals surface area contributed by atoms with Crippen LogP contribution in [0.1, 0.15) is 63.6 Å². The van der Waals surface area contributed by atoms with Crippen LogP contribution in [-0.4, -0.2) is 25.5 Å². The number of benzene rings is 2. The number of hydrogen-bond donors (Lipinski definition) is 0. The van der Waals surface area contributed by atoms with E-state index in [2.05, 4.69) is 4.98 Å². The number of hydrogen-bond acceptors (Lipinski definition) is 5. The van der Waals surface area contributed by atoms with Gasteiger partial charge in [0, 0.05) is 17.5 Å². The summed E-state index contributed by atoms with van der Waals surface area (Å²) in [4.78, 5) is 26.9. The molecule has 1 aliphatic carbocycles. The van der Waals surface area contributed by atoms with E-state index in [0.29, 0.717) is 38.2 Å². The van der Waals surface area contributed by atoms with Gasteiger partial charge in [0.15, 0.2) is 23.9 Å². The first kappa shape index (κ1) is 25.0. The Bertz CT molecular complexity index is 1170. The second kappa shape index (κ2) is 11.6. The van der Waals surface area contributed by atoms with Gasteiger partial charge in [0.25, 0.3) is 0 Å². The van der Waals surface area contributed by atoms with Crippen LogP contribution in [-0.2, 0) is 11.2 Å². The fraction of sp³-hybridized carbons (Fsp3) is 0.296. The number of methoxy groups -OCH3 is 1. The number of aromatic nitrogens is 1. The van der Waals surface area contributed by atoms with E-state index in [1.54, 1.807) is 49.8 Å². The standard InChI is InChI=1S/C27H25Cl2NO5/c1-33-24-11-10-19(12-26(24)34-20-4-2-3-5-20)25(13-21-22(28)14-30-15-23(21)29)35-27(32)18-8-6-17(16-31)7-9-18/h6-12,14-16,20,25H,2-5,13H2,1H3/p+1. The molecule has 4 rings (SSSR count). The van der Waals surface area contributed by atoms with Crippen molar-refractivity contribution in [3.63, 3.8) is 0 Å². The lowest BCUT2D eigenvalue weighted by atomic mass is 10.0. The molecule has 6 nitrogen and oxygen atoms in total. The van der Waals surface area contributed by atoms with Crippen molar-refractivity contribution in [2.45, 2.75) is 44.3 Å². The van der Waals surface area contributed by atoms with Crippen molar-refractivity contribution in [2.75, 3.05) is 7.11 Å². The minimum atomic E-state index is -0.706. The summed E-state index contributed by atoms with van der Waals surface area (Å²) >= 11 is 12.8. The van der Waals surface area contributed by atoms with Crippen LogP contribution in [0.25, 0.3) is 0 Å². The van der Waals surface area contributed by atoms with E-state index >= 15 is 0 Å². The quantitative estimate of drug-likeness (QED) is 0.255. The van der Waals surface area contributed by atoms with Crippen LogP contribution in [0.15, 0.2) is 54.9 Å². The van der Waals surface area contributed by atoms with Gasteiger partial charge in [0.05, 0.1) is 18.8 Å². The molecule has 2 aromatic carbocycles. The molecule has 3 aromatic rings. The Balaban J connectivity index is 1.67. The normalized spacial score (nSPS) is 14.4. The van der Waals surface area contributed by atoms with Gasteiger partial charge in [0.2, 0.25) is 0 Å². The molecule has 182 valence electrons. The molecule has 8 heteroatoms. The fourth-order valence-corrected chi connectivity index (χ4v) is 4.68. The highest BCUT2D eigenvalue weighted by molar-refractivity contribution is 6.35. The molecule has 1 aliphatic rings. The first-order valence-electron chi connectivity index (χ1n) is 11.4. The third-order valence-electron chi connectivity index (χ3n) is 6.07. The number of nitrogens with one attached hydrogen (secondary N) is 1. The van der Waals surface area contributed by atoms with Gasteiger partial charge in [-0.2, -0.15) is 0 Å². The highest BCUT2D eigenvalue weighted by Gasteiger charge is 2.25. The van der Waals surface area contributed by atoms with Crippen LogP contribution in [0.5, 0.6) is 11.5 Å². The van der Waals surface area contributed by atoms with E-state index in [1.807, 2.05) is 12.1 Å². The second-order valence-electron chi connectivity index (χ2n) is 8.40. The van der Waals surface area contributed by atoms with E-state index in [9.17, 15) is 9.59 Å². The Kier molecular flexibility index (Phi) is 8.26. The zero-order valence-electron chi connectivity index (χ0n) is 19.3. The van der Waals surface area contributed by atoms with Crippen LogP contribution in [0.4, 0.5) is 0 Å². The van der Waals surface area contributed by atoms with Crippen molar-refractivity contribution in [3.05, 3.63) is 87.2 Å². The van der Waals surface area contributed by atoms with E-state index in [-0.39, 0.29) is 12.5 Å². The number of ether oxygens (including phenoxy) is 3. The molecule has 1 atom stereocenters. The van der Waals surface area contributed by atoms with E-state index < -0.39 is 12.1 Å². The molecule has 35 heavy (non-hydrogen) atoms. The summed E-state index contributed by atoms with van der Waals surface area (Å²) in [6, 6.07) is 11.8. The van der Waals surface area contributed by atoms with Gasteiger partial charge < -0.3 is 14.2 Å². The summed E-state index contributed by atoms with van der Waals surface area (Å²) in [6.45, 7) is 0. The molecular weight excluding hydrogens is 489 g/mol. The van der Waals surface area contributed by atoms with Crippen molar-refractivity contribution in [1.29, 1.82) is 0 Å². The molecule has 0 amide bonds. The first-order chi connectivity index (χ1) is 17.0. The Morgan fingerprint density at radius 1 is 1.06 bits per heavy atom. The summed E-state index contributed by atoms with van der Waals surface area (Å²) in [5, 5.41) is 0.870. The van der Waals surface area contributed by atoms with Gasteiger partial charge in [-0.25, -0.2) is 9.78 Å². The number of aromatic amines is 1. The molecule has 1 saturated carbocycles. The van der Waals surface area contributed by atoms with Gasteiger partial charge in [-0.05, 0) is 55.5 Å². The molecule has 1 heterocycles. The lowest BCUT2D eigenvalue weighted by Crippen LogP contribution is -2.16. The molecule has 0 bridgehead atoms. The van der Waals surface area contributed by atoms with Crippen molar-refractivity contribution < 1.29 is 28.8 Å². The number of carbonyl (C=O) groups excluding carboxylic acids is 2. The summed E-state index contributed by atoms with van der Waals surface area (Å²) in [7, 11) is 1.59. The zero-order valence-corrected chi connectivity index (χ0v) is 20.8.